The molecule has 0 fully saturated rings. The molecule has 7 nitrogen and oxygen atoms in total. The molecule has 0 spiro atoms. The Morgan fingerprint density at radius 2 is 2.29 bits per heavy atom. The number of aromatic nitrogens is 4. The Balaban J connectivity index is 2.07. The average Bonchev–Trinajstić information content (AvgIpc) is 3.11. The lowest BCUT2D eigenvalue weighted by Gasteiger charge is -2.08. The third kappa shape index (κ3) is 2.37. The normalized spacial score (nSPS) is 11.1. The number of hydrogen-bond acceptors (Lipinski definition) is 5. The van der Waals surface area contributed by atoms with Crippen LogP contribution in [0.5, 0.6) is 0 Å². The first-order valence-corrected chi connectivity index (χ1v) is 6.67. The molecule has 0 aliphatic heterocycles. The van der Waals surface area contributed by atoms with Crippen LogP contribution in [0.4, 0.5) is 0 Å². The molecular weight excluding hydrogens is 272 g/mol. The second kappa shape index (κ2) is 5.35. The van der Waals surface area contributed by atoms with Crippen LogP contribution in [0.1, 0.15) is 29.0 Å². The van der Waals surface area contributed by atoms with Gasteiger partial charge in [0.25, 0.3) is 0 Å². The number of carboxylic acids is 1. The summed E-state index contributed by atoms with van der Waals surface area (Å²) in [4.78, 5) is 19.9. The summed E-state index contributed by atoms with van der Waals surface area (Å²) in [5.41, 5.74) is 1.59. The summed E-state index contributed by atoms with van der Waals surface area (Å²) in [6.45, 7) is 2.54. The van der Waals surface area contributed by atoms with E-state index >= 15 is 0 Å². The zero-order valence-corrected chi connectivity index (χ0v) is 11.5. The number of imidazole rings is 1. The molecule has 0 unspecified atom stereocenters. The highest BCUT2D eigenvalue weighted by molar-refractivity contribution is 6.01. The van der Waals surface area contributed by atoms with Gasteiger partial charge >= 0.3 is 5.97 Å². The quantitative estimate of drug-likeness (QED) is 0.770. The van der Waals surface area contributed by atoms with Gasteiger partial charge in [0.2, 0.25) is 5.89 Å². The summed E-state index contributed by atoms with van der Waals surface area (Å²) in [6, 6.07) is 5.12. The zero-order valence-electron chi connectivity index (χ0n) is 11.5. The van der Waals surface area contributed by atoms with Gasteiger partial charge in [-0.1, -0.05) is 18.1 Å². The van der Waals surface area contributed by atoms with Crippen LogP contribution < -0.4 is 0 Å². The van der Waals surface area contributed by atoms with E-state index in [0.717, 1.165) is 12.2 Å². The fraction of sp³-hybridized carbons (Fsp3) is 0.286. The summed E-state index contributed by atoms with van der Waals surface area (Å²) in [5, 5.41) is 12.9. The summed E-state index contributed by atoms with van der Waals surface area (Å²) >= 11 is 0. The first kappa shape index (κ1) is 13.3. The van der Waals surface area contributed by atoms with Gasteiger partial charge in [-0.3, -0.25) is 0 Å². The highest BCUT2D eigenvalue weighted by Crippen LogP contribution is 2.21. The lowest BCUT2D eigenvalue weighted by Crippen LogP contribution is -2.08. The predicted octanol–water partition coefficient (Wildman–Crippen LogP) is 1.92. The first-order valence-electron chi connectivity index (χ1n) is 6.67. The Morgan fingerprint density at radius 3 is 2.95 bits per heavy atom. The van der Waals surface area contributed by atoms with Crippen molar-refractivity contribution in [3.63, 3.8) is 0 Å². The van der Waals surface area contributed by atoms with E-state index in [2.05, 4.69) is 15.1 Å². The van der Waals surface area contributed by atoms with E-state index in [9.17, 15) is 9.90 Å². The van der Waals surface area contributed by atoms with E-state index in [4.69, 9.17) is 4.52 Å². The maximum absolute atomic E-state index is 11.4. The van der Waals surface area contributed by atoms with Crippen LogP contribution in [0.2, 0.25) is 0 Å². The van der Waals surface area contributed by atoms with Crippen molar-refractivity contribution in [2.75, 3.05) is 0 Å². The van der Waals surface area contributed by atoms with Crippen LogP contribution in [0, 0.1) is 0 Å². The number of carbonyl (C=O) groups is 1. The smallest absolute Gasteiger partial charge is 0.337 e. The topological polar surface area (TPSA) is 94.0 Å². The van der Waals surface area contributed by atoms with Crippen molar-refractivity contribution in [2.45, 2.75) is 26.3 Å². The molecule has 0 saturated carbocycles. The average molecular weight is 286 g/mol. The molecule has 3 aromatic rings. The van der Waals surface area contributed by atoms with Gasteiger partial charge in [0.15, 0.2) is 6.33 Å². The van der Waals surface area contributed by atoms with E-state index in [-0.39, 0.29) is 5.56 Å². The molecule has 7 heteroatoms. The zero-order chi connectivity index (χ0) is 14.8. The van der Waals surface area contributed by atoms with E-state index < -0.39 is 5.97 Å². The third-order valence-electron chi connectivity index (χ3n) is 3.35. The highest BCUT2D eigenvalue weighted by Gasteiger charge is 2.17. The van der Waals surface area contributed by atoms with E-state index in [1.165, 1.54) is 6.33 Å². The lowest BCUT2D eigenvalue weighted by molar-refractivity contribution is 0.0698. The van der Waals surface area contributed by atoms with Crippen molar-refractivity contribution in [1.82, 2.24) is 19.7 Å². The molecule has 0 saturated heterocycles. The first-order chi connectivity index (χ1) is 10.2. The molecule has 1 N–H and O–H groups in total. The van der Waals surface area contributed by atoms with Crippen molar-refractivity contribution < 1.29 is 14.4 Å². The number of fused-ring (bicyclic) bond motifs is 1. The molecule has 0 bridgehead atoms. The van der Waals surface area contributed by atoms with Crippen LogP contribution in [-0.2, 0) is 19.4 Å². The van der Waals surface area contributed by atoms with Gasteiger partial charge in [0.05, 0.1) is 16.6 Å². The lowest BCUT2D eigenvalue weighted by atomic mass is 10.2. The molecule has 0 radical (unpaired) electrons. The minimum Gasteiger partial charge on any atom is -0.478 e. The largest absolute Gasteiger partial charge is 0.478 e. The number of nitrogens with zero attached hydrogens (tertiary/aromatic N) is 4. The number of aryl methyl sites for hydroxylation is 3. The van der Waals surface area contributed by atoms with E-state index in [0.29, 0.717) is 29.9 Å². The molecular formula is C14H14N4O3. The summed E-state index contributed by atoms with van der Waals surface area (Å²) in [5.74, 6) is 0.409. The Hall–Kier alpha value is -2.70. The molecule has 2 aromatic heterocycles. The maximum Gasteiger partial charge on any atom is 0.337 e. The van der Waals surface area contributed by atoms with Gasteiger partial charge in [-0.05, 0) is 12.1 Å². The number of rotatable bonds is 5. The van der Waals surface area contributed by atoms with E-state index in [1.54, 1.807) is 12.1 Å². The van der Waals surface area contributed by atoms with Crippen LogP contribution in [0.3, 0.4) is 0 Å². The Bertz CT molecular complexity index is 777. The Kier molecular flexibility index (Phi) is 3.39. The predicted molar refractivity (Wildman–Crippen MR) is 74.1 cm³/mol. The molecule has 2 heterocycles. The Labute approximate surface area is 120 Å². The Morgan fingerprint density at radius 1 is 1.43 bits per heavy atom. The minimum atomic E-state index is -0.956. The number of carboxylic acid groups (broad SMARTS) is 1. The summed E-state index contributed by atoms with van der Waals surface area (Å²) in [6.07, 6.45) is 2.61. The molecule has 0 aliphatic rings. The molecule has 21 heavy (non-hydrogen) atoms. The van der Waals surface area contributed by atoms with E-state index in [1.807, 2.05) is 17.6 Å². The van der Waals surface area contributed by atoms with Gasteiger partial charge in [-0.15, -0.1) is 0 Å². The molecule has 3 rings (SSSR count). The van der Waals surface area contributed by atoms with Crippen molar-refractivity contribution in [1.29, 1.82) is 0 Å². The second-order valence-corrected chi connectivity index (χ2v) is 4.60. The van der Waals surface area contributed by atoms with Crippen LogP contribution in [0.15, 0.2) is 29.0 Å². The van der Waals surface area contributed by atoms with Crippen molar-refractivity contribution in [3.8, 4) is 0 Å². The highest BCUT2D eigenvalue weighted by atomic mass is 16.5. The summed E-state index contributed by atoms with van der Waals surface area (Å²) < 4.78 is 6.90. The number of benzene rings is 1. The SMILES string of the molecule is CCc1nc2cccc(C(=O)O)c2n1CCc1ncno1. The molecule has 0 aliphatic carbocycles. The molecule has 1 aromatic carbocycles. The number of para-hydroxylation sites is 1. The van der Waals surface area contributed by atoms with Crippen molar-refractivity contribution in [2.24, 2.45) is 0 Å². The van der Waals surface area contributed by atoms with Crippen LogP contribution in [0.25, 0.3) is 11.0 Å². The van der Waals surface area contributed by atoms with Crippen molar-refractivity contribution in [3.05, 3.63) is 41.8 Å². The maximum atomic E-state index is 11.4. The standard InChI is InChI=1S/C14H14N4O3/c1-2-11-17-10-5-3-4-9(14(19)20)13(10)18(11)7-6-12-15-8-16-21-12/h3-5,8H,2,6-7H2,1H3,(H,19,20). The second-order valence-electron chi connectivity index (χ2n) is 4.60. The fourth-order valence-corrected chi connectivity index (χ4v) is 2.43. The van der Waals surface area contributed by atoms with Crippen LogP contribution >= 0.6 is 0 Å². The molecule has 0 atom stereocenters. The van der Waals surface area contributed by atoms with Crippen LogP contribution in [-0.4, -0.2) is 30.8 Å². The monoisotopic (exact) mass is 286 g/mol. The summed E-state index contributed by atoms with van der Waals surface area (Å²) in [7, 11) is 0. The number of hydrogen-bond donors (Lipinski definition) is 1. The molecule has 0 amide bonds. The third-order valence-corrected chi connectivity index (χ3v) is 3.35. The van der Waals surface area contributed by atoms with Gasteiger partial charge < -0.3 is 14.2 Å². The number of aromatic carboxylic acids is 1. The van der Waals surface area contributed by atoms with Crippen molar-refractivity contribution >= 4 is 17.0 Å². The van der Waals surface area contributed by atoms with Gasteiger partial charge in [-0.2, -0.15) is 4.98 Å². The fourth-order valence-electron chi connectivity index (χ4n) is 2.43. The van der Waals surface area contributed by atoms with Gasteiger partial charge in [0.1, 0.15) is 5.82 Å². The molecule has 108 valence electrons. The minimum absolute atomic E-state index is 0.255. The van der Waals surface area contributed by atoms with Gasteiger partial charge in [-0.25, -0.2) is 9.78 Å². The van der Waals surface area contributed by atoms with Gasteiger partial charge in [0, 0.05) is 19.4 Å².